The highest BCUT2D eigenvalue weighted by molar-refractivity contribution is 7.10. The Labute approximate surface area is 200 Å². The third-order valence-electron chi connectivity index (χ3n) is 5.50. The molecule has 4 rings (SSSR count). The lowest BCUT2D eigenvalue weighted by atomic mass is 9.97. The van der Waals surface area contributed by atoms with Crippen LogP contribution in [0.2, 0.25) is 0 Å². The van der Waals surface area contributed by atoms with Crippen LogP contribution in [-0.4, -0.2) is 30.0 Å². The molecule has 2 heterocycles. The molecule has 1 unspecified atom stereocenters. The molecule has 1 aliphatic heterocycles. The van der Waals surface area contributed by atoms with E-state index in [-0.39, 0.29) is 22.6 Å². The maximum absolute atomic E-state index is 14.0. The summed E-state index contributed by atoms with van der Waals surface area (Å²) in [4.78, 5) is 28.4. The second kappa shape index (κ2) is 9.69. The Kier molecular flexibility index (Phi) is 6.70. The normalized spacial score (nSPS) is 17.3. The largest absolute Gasteiger partial charge is 0.507 e. The number of aliphatic hydroxyl groups is 1. The van der Waals surface area contributed by atoms with Crippen molar-refractivity contribution in [3.05, 3.63) is 81.3 Å². The first kappa shape index (κ1) is 23.5. The summed E-state index contributed by atoms with van der Waals surface area (Å²) in [5.41, 5.74) is 1.27. The maximum atomic E-state index is 14.0. The Balaban J connectivity index is 1.94. The van der Waals surface area contributed by atoms with E-state index < -0.39 is 23.5 Å². The van der Waals surface area contributed by atoms with Crippen molar-refractivity contribution in [2.24, 2.45) is 0 Å². The molecule has 3 aromatic rings. The molecule has 176 valence electrons. The van der Waals surface area contributed by atoms with Gasteiger partial charge in [-0.25, -0.2) is 4.39 Å². The van der Waals surface area contributed by atoms with Crippen LogP contribution in [0, 0.1) is 12.7 Å². The number of amides is 1. The minimum atomic E-state index is -0.914. The number of carbonyl (C=O) groups excluding carboxylic acids is 2. The lowest BCUT2D eigenvalue weighted by molar-refractivity contribution is -0.132. The standard InChI is InChI=1S/C26H24FNO5S/c1-4-32-18-9-10-19(20(14-18)33-5-2)23(29)21-22(25-15(3)11-12-34-25)28(26(31)24(21)30)17-8-6-7-16(27)13-17/h6-14,22,29H,4-5H2,1-3H3/b23-21+. The average molecular weight is 482 g/mol. The van der Waals surface area contributed by atoms with Crippen molar-refractivity contribution in [3.8, 4) is 11.5 Å². The number of hydrogen-bond acceptors (Lipinski definition) is 6. The maximum Gasteiger partial charge on any atom is 0.300 e. The van der Waals surface area contributed by atoms with Gasteiger partial charge in [-0.05, 0) is 68.1 Å². The monoisotopic (exact) mass is 481 g/mol. The lowest BCUT2D eigenvalue weighted by Crippen LogP contribution is -2.29. The van der Waals surface area contributed by atoms with Crippen LogP contribution in [0.15, 0.2) is 59.5 Å². The van der Waals surface area contributed by atoms with Gasteiger partial charge in [0.1, 0.15) is 29.1 Å². The van der Waals surface area contributed by atoms with E-state index in [1.54, 1.807) is 31.2 Å². The van der Waals surface area contributed by atoms with Gasteiger partial charge in [-0.15, -0.1) is 11.3 Å². The van der Waals surface area contributed by atoms with E-state index >= 15 is 0 Å². The van der Waals surface area contributed by atoms with Crippen molar-refractivity contribution in [2.45, 2.75) is 26.8 Å². The van der Waals surface area contributed by atoms with E-state index in [1.807, 2.05) is 25.3 Å². The van der Waals surface area contributed by atoms with Crippen molar-refractivity contribution >= 4 is 34.5 Å². The van der Waals surface area contributed by atoms with Gasteiger partial charge in [0.25, 0.3) is 11.7 Å². The van der Waals surface area contributed by atoms with E-state index in [4.69, 9.17) is 9.47 Å². The number of nitrogens with zero attached hydrogens (tertiary/aromatic N) is 1. The highest BCUT2D eigenvalue weighted by atomic mass is 32.1. The van der Waals surface area contributed by atoms with E-state index in [0.29, 0.717) is 29.6 Å². The van der Waals surface area contributed by atoms with Gasteiger partial charge in [0.15, 0.2) is 0 Å². The first-order valence-corrected chi connectivity index (χ1v) is 11.8. The molecular formula is C26H24FNO5S. The molecule has 0 bridgehead atoms. The van der Waals surface area contributed by atoms with Crippen LogP contribution in [0.25, 0.3) is 5.76 Å². The molecule has 1 fully saturated rings. The fourth-order valence-corrected chi connectivity index (χ4v) is 5.04. The molecule has 0 saturated carbocycles. The summed E-state index contributed by atoms with van der Waals surface area (Å²) in [6.45, 7) is 6.29. The van der Waals surface area contributed by atoms with Gasteiger partial charge in [0.2, 0.25) is 0 Å². The fraction of sp³-hybridized carbons (Fsp3) is 0.231. The third-order valence-corrected chi connectivity index (χ3v) is 6.57. The van der Waals surface area contributed by atoms with Crippen LogP contribution in [-0.2, 0) is 9.59 Å². The van der Waals surface area contributed by atoms with E-state index in [1.165, 1.54) is 34.4 Å². The molecule has 0 aliphatic carbocycles. The van der Waals surface area contributed by atoms with Gasteiger partial charge < -0.3 is 14.6 Å². The summed E-state index contributed by atoms with van der Waals surface area (Å²) in [5.74, 6) is -1.71. The van der Waals surface area contributed by atoms with Crippen LogP contribution in [0.5, 0.6) is 11.5 Å². The minimum Gasteiger partial charge on any atom is -0.507 e. The molecule has 1 amide bonds. The molecule has 6 nitrogen and oxygen atoms in total. The number of ketones is 1. The van der Waals surface area contributed by atoms with Crippen molar-refractivity contribution in [1.29, 1.82) is 0 Å². The fourth-order valence-electron chi connectivity index (χ4n) is 4.01. The summed E-state index contributed by atoms with van der Waals surface area (Å²) in [6.07, 6.45) is 0. The van der Waals surface area contributed by atoms with Crippen molar-refractivity contribution in [1.82, 2.24) is 0 Å². The van der Waals surface area contributed by atoms with Crippen molar-refractivity contribution < 1.29 is 28.6 Å². The number of hydrogen-bond donors (Lipinski definition) is 1. The Bertz CT molecular complexity index is 1280. The predicted octanol–water partition coefficient (Wildman–Crippen LogP) is 5.62. The van der Waals surface area contributed by atoms with Gasteiger partial charge in [0, 0.05) is 16.6 Å². The molecule has 1 aromatic heterocycles. The summed E-state index contributed by atoms with van der Waals surface area (Å²) >= 11 is 1.36. The number of carbonyl (C=O) groups is 2. The van der Waals surface area contributed by atoms with Gasteiger partial charge in [0.05, 0.1) is 24.4 Å². The van der Waals surface area contributed by atoms with Gasteiger partial charge in [-0.3, -0.25) is 14.5 Å². The van der Waals surface area contributed by atoms with E-state index in [2.05, 4.69) is 0 Å². The second-order valence-corrected chi connectivity index (χ2v) is 8.59. The molecule has 1 atom stereocenters. The molecule has 1 saturated heterocycles. The number of ether oxygens (including phenoxy) is 2. The molecule has 0 radical (unpaired) electrons. The highest BCUT2D eigenvalue weighted by Gasteiger charge is 2.48. The molecule has 1 aliphatic rings. The van der Waals surface area contributed by atoms with Crippen LogP contribution in [0.1, 0.15) is 35.9 Å². The van der Waals surface area contributed by atoms with E-state index in [0.717, 1.165) is 5.56 Å². The van der Waals surface area contributed by atoms with Crippen molar-refractivity contribution in [3.63, 3.8) is 0 Å². The Hall–Kier alpha value is -3.65. The highest BCUT2D eigenvalue weighted by Crippen LogP contribution is 2.46. The van der Waals surface area contributed by atoms with Gasteiger partial charge in [-0.1, -0.05) is 6.07 Å². The zero-order valence-electron chi connectivity index (χ0n) is 19.0. The van der Waals surface area contributed by atoms with E-state index in [9.17, 15) is 19.1 Å². The molecule has 34 heavy (non-hydrogen) atoms. The smallest absolute Gasteiger partial charge is 0.300 e. The summed E-state index contributed by atoms with van der Waals surface area (Å²) < 4.78 is 25.3. The SMILES string of the molecule is CCOc1ccc(/C(O)=C2\C(=O)C(=O)N(c3cccc(F)c3)C2c2sccc2C)c(OCC)c1. The number of thiophene rings is 1. The summed E-state index contributed by atoms with van der Waals surface area (Å²) in [5, 5.41) is 13.3. The Morgan fingerprint density at radius 2 is 1.85 bits per heavy atom. The molecule has 2 aromatic carbocycles. The number of anilines is 1. The Morgan fingerprint density at radius 1 is 1.09 bits per heavy atom. The number of halogens is 1. The summed E-state index contributed by atoms with van der Waals surface area (Å²) in [6, 6.07) is 11.3. The third kappa shape index (κ3) is 4.17. The first-order valence-electron chi connectivity index (χ1n) is 10.9. The molecule has 1 N–H and O–H groups in total. The van der Waals surface area contributed by atoms with Gasteiger partial charge >= 0.3 is 0 Å². The van der Waals surface area contributed by atoms with Crippen molar-refractivity contribution in [2.75, 3.05) is 18.1 Å². The molecule has 8 heteroatoms. The second-order valence-electron chi connectivity index (χ2n) is 7.64. The van der Waals surface area contributed by atoms with Crippen LogP contribution < -0.4 is 14.4 Å². The minimum absolute atomic E-state index is 0.0788. The zero-order chi connectivity index (χ0) is 24.4. The van der Waals surface area contributed by atoms with Gasteiger partial charge in [-0.2, -0.15) is 0 Å². The zero-order valence-corrected chi connectivity index (χ0v) is 19.8. The quantitative estimate of drug-likeness (QED) is 0.269. The number of Topliss-reactive ketones (excluding diaryl/α,β-unsaturated/α-hetero) is 1. The van der Waals surface area contributed by atoms with Crippen LogP contribution in [0.3, 0.4) is 0 Å². The van der Waals surface area contributed by atoms with Crippen LogP contribution >= 0.6 is 11.3 Å². The Morgan fingerprint density at radius 3 is 2.50 bits per heavy atom. The van der Waals surface area contributed by atoms with Crippen LogP contribution in [0.4, 0.5) is 10.1 Å². The summed E-state index contributed by atoms with van der Waals surface area (Å²) in [7, 11) is 0. The topological polar surface area (TPSA) is 76.1 Å². The number of aryl methyl sites for hydroxylation is 1. The molecule has 0 spiro atoms. The number of rotatable bonds is 7. The average Bonchev–Trinajstić information content (AvgIpc) is 3.34. The predicted molar refractivity (Wildman–Crippen MR) is 129 cm³/mol. The lowest BCUT2D eigenvalue weighted by Gasteiger charge is -2.25. The number of aliphatic hydroxyl groups excluding tert-OH is 1. The first-order chi connectivity index (χ1) is 16.4. The number of benzene rings is 2. The molecular weight excluding hydrogens is 457 g/mol.